The van der Waals surface area contributed by atoms with Crippen LogP contribution in [0.5, 0.6) is 0 Å². The van der Waals surface area contributed by atoms with Gasteiger partial charge in [0.05, 0.1) is 4.92 Å². The first-order valence-electron chi connectivity index (χ1n) is 5.65. The van der Waals surface area contributed by atoms with Crippen LogP contribution in [0.1, 0.15) is 44.2 Å². The number of nitrogens with two attached hydrogens (primary N) is 1. The second kappa shape index (κ2) is 6.23. The van der Waals surface area contributed by atoms with E-state index in [9.17, 15) is 10.1 Å². The maximum atomic E-state index is 10.6. The maximum Gasteiger partial charge on any atom is 0.269 e. The topological polar surface area (TPSA) is 69.2 Å². The smallest absolute Gasteiger partial charge is 0.269 e. The van der Waals surface area contributed by atoms with E-state index in [-0.39, 0.29) is 16.7 Å². The van der Waals surface area contributed by atoms with Gasteiger partial charge < -0.3 is 5.73 Å². The summed E-state index contributed by atoms with van der Waals surface area (Å²) in [6.45, 7) is 2.14. The molecule has 4 heteroatoms. The molecule has 0 saturated heterocycles. The summed E-state index contributed by atoms with van der Waals surface area (Å²) in [6.07, 6.45) is 4.26. The third kappa shape index (κ3) is 3.62. The Bertz CT molecular complexity index is 353. The molecule has 1 aromatic rings. The van der Waals surface area contributed by atoms with E-state index < -0.39 is 0 Å². The van der Waals surface area contributed by atoms with E-state index in [0.717, 1.165) is 31.2 Å². The zero-order valence-corrected chi connectivity index (χ0v) is 9.56. The lowest BCUT2D eigenvalue weighted by Gasteiger charge is -2.11. The van der Waals surface area contributed by atoms with Crippen molar-refractivity contribution in [1.82, 2.24) is 0 Å². The van der Waals surface area contributed by atoms with Crippen molar-refractivity contribution in [3.63, 3.8) is 0 Å². The van der Waals surface area contributed by atoms with Gasteiger partial charge in [-0.25, -0.2) is 0 Å². The minimum Gasteiger partial charge on any atom is -0.324 e. The normalized spacial score (nSPS) is 12.4. The second-order valence-electron chi connectivity index (χ2n) is 3.95. The average Bonchev–Trinajstić information content (AvgIpc) is 2.29. The van der Waals surface area contributed by atoms with Crippen molar-refractivity contribution in [2.45, 2.75) is 38.6 Å². The van der Waals surface area contributed by atoms with Gasteiger partial charge >= 0.3 is 0 Å². The highest BCUT2D eigenvalue weighted by Gasteiger charge is 2.10. The molecule has 0 saturated carbocycles. The van der Waals surface area contributed by atoms with Crippen molar-refractivity contribution in [3.05, 3.63) is 39.9 Å². The molecule has 1 atom stereocenters. The first-order valence-corrected chi connectivity index (χ1v) is 5.65. The van der Waals surface area contributed by atoms with Crippen LogP contribution in [-0.4, -0.2) is 4.92 Å². The summed E-state index contributed by atoms with van der Waals surface area (Å²) in [5, 5.41) is 10.6. The van der Waals surface area contributed by atoms with E-state index in [0.29, 0.717) is 0 Å². The number of hydrogen-bond donors (Lipinski definition) is 1. The number of non-ortho nitro benzene ring substituents is 1. The van der Waals surface area contributed by atoms with E-state index in [1.807, 2.05) is 6.07 Å². The molecule has 0 aliphatic heterocycles. The van der Waals surface area contributed by atoms with Crippen molar-refractivity contribution in [1.29, 1.82) is 0 Å². The summed E-state index contributed by atoms with van der Waals surface area (Å²) in [6, 6.07) is 6.50. The van der Waals surface area contributed by atoms with Gasteiger partial charge in [0, 0.05) is 18.2 Å². The molecular weight excluding hydrogens is 204 g/mol. The molecule has 2 N–H and O–H groups in total. The third-order valence-electron chi connectivity index (χ3n) is 2.63. The molecule has 0 fully saturated rings. The molecule has 0 unspecified atom stereocenters. The first-order chi connectivity index (χ1) is 7.65. The Morgan fingerprint density at radius 2 is 2.19 bits per heavy atom. The molecule has 0 spiro atoms. The summed E-state index contributed by atoms with van der Waals surface area (Å²) in [5.41, 5.74) is 6.95. The van der Waals surface area contributed by atoms with Crippen LogP contribution >= 0.6 is 0 Å². The highest BCUT2D eigenvalue weighted by Crippen LogP contribution is 2.21. The summed E-state index contributed by atoms with van der Waals surface area (Å²) in [7, 11) is 0. The second-order valence-corrected chi connectivity index (χ2v) is 3.95. The van der Waals surface area contributed by atoms with E-state index in [1.165, 1.54) is 6.07 Å². The molecule has 88 valence electrons. The lowest BCUT2D eigenvalue weighted by Crippen LogP contribution is -2.10. The number of unbranched alkanes of at least 4 members (excludes halogenated alkanes) is 2. The van der Waals surface area contributed by atoms with Crippen LogP contribution in [0.2, 0.25) is 0 Å². The van der Waals surface area contributed by atoms with Gasteiger partial charge in [-0.15, -0.1) is 0 Å². The summed E-state index contributed by atoms with van der Waals surface area (Å²) < 4.78 is 0. The number of rotatable bonds is 6. The van der Waals surface area contributed by atoms with Gasteiger partial charge in [-0.2, -0.15) is 0 Å². The Morgan fingerprint density at radius 1 is 1.44 bits per heavy atom. The van der Waals surface area contributed by atoms with Gasteiger partial charge in [-0.05, 0) is 12.0 Å². The zero-order valence-electron chi connectivity index (χ0n) is 9.56. The van der Waals surface area contributed by atoms with Crippen LogP contribution in [0.3, 0.4) is 0 Å². The van der Waals surface area contributed by atoms with Gasteiger partial charge in [0.25, 0.3) is 5.69 Å². The van der Waals surface area contributed by atoms with Crippen LogP contribution in [0.25, 0.3) is 0 Å². The molecule has 0 aliphatic rings. The lowest BCUT2D eigenvalue weighted by atomic mass is 10.0. The van der Waals surface area contributed by atoms with Crippen molar-refractivity contribution in [2.75, 3.05) is 0 Å². The maximum absolute atomic E-state index is 10.6. The van der Waals surface area contributed by atoms with Crippen molar-refractivity contribution in [3.8, 4) is 0 Å². The van der Waals surface area contributed by atoms with Crippen LogP contribution < -0.4 is 5.73 Å². The third-order valence-corrected chi connectivity index (χ3v) is 2.63. The highest BCUT2D eigenvalue weighted by atomic mass is 16.6. The number of nitro groups is 1. The molecule has 0 radical (unpaired) electrons. The van der Waals surface area contributed by atoms with Crippen LogP contribution in [0.15, 0.2) is 24.3 Å². The number of nitro benzene ring substituents is 1. The monoisotopic (exact) mass is 222 g/mol. The predicted molar refractivity (Wildman–Crippen MR) is 64.2 cm³/mol. The lowest BCUT2D eigenvalue weighted by molar-refractivity contribution is -0.384. The minimum absolute atomic E-state index is 0.0913. The van der Waals surface area contributed by atoms with Crippen molar-refractivity contribution < 1.29 is 4.92 Å². The SMILES string of the molecule is CCCCC[C@H](N)c1cccc([N+](=O)[O-])c1. The quantitative estimate of drug-likeness (QED) is 0.456. The van der Waals surface area contributed by atoms with Gasteiger partial charge in [0.1, 0.15) is 0 Å². The highest BCUT2D eigenvalue weighted by molar-refractivity contribution is 5.35. The van der Waals surface area contributed by atoms with Crippen LogP contribution in [0.4, 0.5) is 5.69 Å². The van der Waals surface area contributed by atoms with E-state index in [4.69, 9.17) is 5.73 Å². The zero-order chi connectivity index (χ0) is 12.0. The Hall–Kier alpha value is -1.42. The molecule has 0 heterocycles. The molecule has 0 aromatic heterocycles. The number of hydrogen-bond acceptors (Lipinski definition) is 3. The van der Waals surface area contributed by atoms with Gasteiger partial charge in [0.2, 0.25) is 0 Å². The molecule has 1 rings (SSSR count). The summed E-state index contributed by atoms with van der Waals surface area (Å²) in [5.74, 6) is 0. The van der Waals surface area contributed by atoms with Crippen molar-refractivity contribution >= 4 is 5.69 Å². The fourth-order valence-corrected chi connectivity index (χ4v) is 1.65. The minimum atomic E-state index is -0.387. The van der Waals surface area contributed by atoms with Gasteiger partial charge in [-0.1, -0.05) is 38.3 Å². The fourth-order valence-electron chi connectivity index (χ4n) is 1.65. The summed E-state index contributed by atoms with van der Waals surface area (Å²) in [4.78, 5) is 10.2. The van der Waals surface area contributed by atoms with E-state index in [1.54, 1.807) is 12.1 Å². The van der Waals surface area contributed by atoms with E-state index in [2.05, 4.69) is 6.92 Å². The van der Waals surface area contributed by atoms with Gasteiger partial charge in [-0.3, -0.25) is 10.1 Å². The largest absolute Gasteiger partial charge is 0.324 e. The molecule has 16 heavy (non-hydrogen) atoms. The summed E-state index contributed by atoms with van der Waals surface area (Å²) >= 11 is 0. The van der Waals surface area contributed by atoms with E-state index >= 15 is 0 Å². The number of benzene rings is 1. The Labute approximate surface area is 95.6 Å². The molecular formula is C12H18N2O2. The molecule has 0 aliphatic carbocycles. The fraction of sp³-hybridized carbons (Fsp3) is 0.500. The first kappa shape index (κ1) is 12.6. The van der Waals surface area contributed by atoms with Crippen molar-refractivity contribution in [2.24, 2.45) is 5.73 Å². The molecule has 0 amide bonds. The van der Waals surface area contributed by atoms with Gasteiger partial charge in [0.15, 0.2) is 0 Å². The Kier molecular flexibility index (Phi) is 4.92. The Morgan fingerprint density at radius 3 is 2.81 bits per heavy atom. The average molecular weight is 222 g/mol. The van der Waals surface area contributed by atoms with Crippen LogP contribution in [-0.2, 0) is 0 Å². The Balaban J connectivity index is 2.64. The molecule has 4 nitrogen and oxygen atoms in total. The molecule has 1 aromatic carbocycles. The number of nitrogens with zero attached hydrogens (tertiary/aromatic N) is 1. The standard InChI is InChI=1S/C12H18N2O2/c1-2-3-4-8-12(13)10-6-5-7-11(9-10)14(15)16/h5-7,9,12H,2-4,8,13H2,1H3/t12-/m0/s1. The van der Waals surface area contributed by atoms with Crippen LogP contribution in [0, 0.1) is 10.1 Å². The molecule has 0 bridgehead atoms. The predicted octanol–water partition coefficient (Wildman–Crippen LogP) is 3.17.